The van der Waals surface area contributed by atoms with Gasteiger partial charge in [-0.1, -0.05) is 23.7 Å². The molecule has 8 heteroatoms. The number of carbonyl (C=O) groups excluding carboxylic acids is 1. The zero-order valence-electron chi connectivity index (χ0n) is 14.8. The maximum Gasteiger partial charge on any atom is 0.264 e. The maximum absolute atomic E-state index is 12.9. The van der Waals surface area contributed by atoms with E-state index in [0.717, 1.165) is 4.31 Å². The molecule has 0 aliphatic carbocycles. The zero-order chi connectivity index (χ0) is 19.3. The molecule has 1 amide bonds. The van der Waals surface area contributed by atoms with Crippen molar-refractivity contribution in [3.63, 3.8) is 0 Å². The standard InChI is InChI=1S/C18H21ClN2O4S/c1-13(12-25-3)20-18(22)14-6-4-9-17(10-14)26(23,24)21(2)16-8-5-7-15(19)11-16/h4-11,13H,12H2,1-3H3,(H,20,22)/t13-/m0/s1. The van der Waals surface area contributed by atoms with Gasteiger partial charge in [0.1, 0.15) is 0 Å². The van der Waals surface area contributed by atoms with Crippen LogP contribution >= 0.6 is 11.6 Å². The molecule has 0 saturated heterocycles. The van der Waals surface area contributed by atoms with Gasteiger partial charge in [-0.05, 0) is 43.3 Å². The van der Waals surface area contributed by atoms with E-state index in [4.69, 9.17) is 16.3 Å². The Balaban J connectivity index is 2.29. The van der Waals surface area contributed by atoms with E-state index < -0.39 is 10.0 Å². The van der Waals surface area contributed by atoms with E-state index in [9.17, 15) is 13.2 Å². The molecule has 1 atom stereocenters. The van der Waals surface area contributed by atoms with Gasteiger partial charge in [-0.15, -0.1) is 0 Å². The predicted molar refractivity (Wildman–Crippen MR) is 102 cm³/mol. The fraction of sp³-hybridized carbons (Fsp3) is 0.278. The summed E-state index contributed by atoms with van der Waals surface area (Å²) in [5, 5.41) is 3.19. The van der Waals surface area contributed by atoms with Gasteiger partial charge >= 0.3 is 0 Å². The second kappa shape index (κ2) is 8.53. The van der Waals surface area contributed by atoms with Crippen molar-refractivity contribution in [2.45, 2.75) is 17.9 Å². The van der Waals surface area contributed by atoms with E-state index in [1.165, 1.54) is 25.2 Å². The first-order valence-electron chi connectivity index (χ1n) is 7.90. The molecule has 0 heterocycles. The number of hydrogen-bond donors (Lipinski definition) is 1. The zero-order valence-corrected chi connectivity index (χ0v) is 16.3. The highest BCUT2D eigenvalue weighted by Crippen LogP contribution is 2.25. The average Bonchev–Trinajstić information content (AvgIpc) is 2.61. The van der Waals surface area contributed by atoms with E-state index in [1.807, 2.05) is 0 Å². The normalized spacial score (nSPS) is 12.5. The van der Waals surface area contributed by atoms with Gasteiger partial charge in [0, 0.05) is 30.8 Å². The summed E-state index contributed by atoms with van der Waals surface area (Å²) in [7, 11) is -0.851. The van der Waals surface area contributed by atoms with Gasteiger partial charge in [0.2, 0.25) is 0 Å². The molecule has 0 aliphatic heterocycles. The fourth-order valence-electron chi connectivity index (χ4n) is 2.37. The summed E-state index contributed by atoms with van der Waals surface area (Å²) in [4.78, 5) is 12.3. The molecule has 0 aromatic heterocycles. The molecule has 26 heavy (non-hydrogen) atoms. The Kier molecular flexibility index (Phi) is 6.63. The highest BCUT2D eigenvalue weighted by atomic mass is 35.5. The number of hydrogen-bond acceptors (Lipinski definition) is 4. The lowest BCUT2D eigenvalue weighted by atomic mass is 10.2. The molecule has 0 radical (unpaired) electrons. The van der Waals surface area contributed by atoms with Crippen LogP contribution in [0.1, 0.15) is 17.3 Å². The van der Waals surface area contributed by atoms with Crippen molar-refractivity contribution in [3.05, 3.63) is 59.1 Å². The number of sulfonamides is 1. The van der Waals surface area contributed by atoms with Crippen LogP contribution in [0.4, 0.5) is 5.69 Å². The van der Waals surface area contributed by atoms with Crippen molar-refractivity contribution < 1.29 is 17.9 Å². The number of rotatable bonds is 7. The SMILES string of the molecule is COC[C@H](C)NC(=O)c1cccc(S(=O)(=O)N(C)c2cccc(Cl)c2)c1. The second-order valence-electron chi connectivity index (χ2n) is 5.81. The lowest BCUT2D eigenvalue weighted by Crippen LogP contribution is -2.35. The molecule has 2 rings (SSSR count). The Morgan fingerprint density at radius 2 is 1.92 bits per heavy atom. The molecule has 0 unspecified atom stereocenters. The second-order valence-corrected chi connectivity index (χ2v) is 8.22. The topological polar surface area (TPSA) is 75.7 Å². The third kappa shape index (κ3) is 4.75. The van der Waals surface area contributed by atoms with Gasteiger partial charge in [0.15, 0.2) is 0 Å². The maximum atomic E-state index is 12.9. The lowest BCUT2D eigenvalue weighted by Gasteiger charge is -2.20. The first-order valence-corrected chi connectivity index (χ1v) is 9.72. The monoisotopic (exact) mass is 396 g/mol. The van der Waals surface area contributed by atoms with Crippen LogP contribution in [0.5, 0.6) is 0 Å². The highest BCUT2D eigenvalue weighted by molar-refractivity contribution is 7.92. The van der Waals surface area contributed by atoms with Gasteiger partial charge in [0.25, 0.3) is 15.9 Å². The van der Waals surface area contributed by atoms with E-state index >= 15 is 0 Å². The summed E-state index contributed by atoms with van der Waals surface area (Å²) in [6.45, 7) is 2.16. The fourth-order valence-corrected chi connectivity index (χ4v) is 3.78. The van der Waals surface area contributed by atoms with Gasteiger partial charge in [0.05, 0.1) is 17.2 Å². The van der Waals surface area contributed by atoms with E-state index in [-0.39, 0.29) is 22.4 Å². The molecule has 140 valence electrons. The first kappa shape index (κ1) is 20.2. The number of anilines is 1. The summed E-state index contributed by atoms with van der Waals surface area (Å²) in [5.41, 5.74) is 0.689. The van der Waals surface area contributed by atoms with Crippen LogP contribution < -0.4 is 9.62 Å². The molecule has 0 aliphatic rings. The molecule has 6 nitrogen and oxygen atoms in total. The minimum atomic E-state index is -3.83. The molecule has 0 saturated carbocycles. The molecular weight excluding hydrogens is 376 g/mol. The third-order valence-corrected chi connectivity index (χ3v) is 5.74. The molecule has 0 bridgehead atoms. The quantitative estimate of drug-likeness (QED) is 0.780. The number of amides is 1. The summed E-state index contributed by atoms with van der Waals surface area (Å²) in [6.07, 6.45) is 0. The number of carbonyl (C=O) groups is 1. The number of ether oxygens (including phenoxy) is 1. The Morgan fingerprint density at radius 3 is 2.58 bits per heavy atom. The first-order chi connectivity index (χ1) is 12.3. The number of methoxy groups -OCH3 is 1. The van der Waals surface area contributed by atoms with Gasteiger partial charge < -0.3 is 10.1 Å². The Labute approximate surface area is 158 Å². The van der Waals surface area contributed by atoms with Crippen LogP contribution in [0.25, 0.3) is 0 Å². The molecule has 2 aromatic rings. The van der Waals surface area contributed by atoms with E-state index in [2.05, 4.69) is 5.32 Å². The van der Waals surface area contributed by atoms with Crippen molar-refractivity contribution in [2.75, 3.05) is 25.1 Å². The summed E-state index contributed by atoms with van der Waals surface area (Å²) >= 11 is 5.94. The van der Waals surface area contributed by atoms with Crippen LogP contribution in [-0.2, 0) is 14.8 Å². The largest absolute Gasteiger partial charge is 0.383 e. The van der Waals surface area contributed by atoms with Crippen LogP contribution in [0, 0.1) is 0 Å². The van der Waals surface area contributed by atoms with Gasteiger partial charge in [-0.25, -0.2) is 8.42 Å². The average molecular weight is 397 g/mol. The molecule has 0 spiro atoms. The summed E-state index contributed by atoms with van der Waals surface area (Å²) < 4.78 is 31.9. The smallest absolute Gasteiger partial charge is 0.264 e. The lowest BCUT2D eigenvalue weighted by molar-refractivity contribution is 0.0905. The summed E-state index contributed by atoms with van der Waals surface area (Å²) in [6, 6.07) is 12.2. The van der Waals surface area contributed by atoms with Crippen LogP contribution in [0.15, 0.2) is 53.4 Å². The Morgan fingerprint density at radius 1 is 1.23 bits per heavy atom. The molecule has 1 N–H and O–H groups in total. The van der Waals surface area contributed by atoms with Crippen molar-refractivity contribution in [3.8, 4) is 0 Å². The van der Waals surface area contributed by atoms with Crippen LogP contribution in [0.2, 0.25) is 5.02 Å². The van der Waals surface area contributed by atoms with Crippen LogP contribution in [0.3, 0.4) is 0 Å². The predicted octanol–water partition coefficient (Wildman–Crippen LogP) is 2.93. The number of nitrogens with zero attached hydrogens (tertiary/aromatic N) is 1. The number of nitrogens with one attached hydrogen (secondary N) is 1. The Bertz CT molecular complexity index is 886. The van der Waals surface area contributed by atoms with Crippen molar-refractivity contribution in [2.24, 2.45) is 0 Å². The molecule has 2 aromatic carbocycles. The third-order valence-electron chi connectivity index (χ3n) is 3.72. The molecular formula is C18H21ClN2O4S. The van der Waals surface area contributed by atoms with Crippen molar-refractivity contribution in [1.82, 2.24) is 5.32 Å². The Hall–Kier alpha value is -2.09. The van der Waals surface area contributed by atoms with Gasteiger partial charge in [-0.2, -0.15) is 0 Å². The number of halogens is 1. The summed E-state index contributed by atoms with van der Waals surface area (Å²) in [5.74, 6) is -0.364. The molecule has 0 fully saturated rings. The highest BCUT2D eigenvalue weighted by Gasteiger charge is 2.23. The van der Waals surface area contributed by atoms with Gasteiger partial charge in [-0.3, -0.25) is 9.10 Å². The van der Waals surface area contributed by atoms with Crippen LogP contribution in [-0.4, -0.2) is 41.1 Å². The minimum absolute atomic E-state index is 0.0204. The number of benzene rings is 2. The van der Waals surface area contributed by atoms with Crippen molar-refractivity contribution >= 4 is 33.2 Å². The van der Waals surface area contributed by atoms with E-state index in [0.29, 0.717) is 17.3 Å². The van der Waals surface area contributed by atoms with Crippen molar-refractivity contribution in [1.29, 1.82) is 0 Å². The van der Waals surface area contributed by atoms with E-state index in [1.54, 1.807) is 44.4 Å². The minimum Gasteiger partial charge on any atom is -0.383 e.